The van der Waals surface area contributed by atoms with Gasteiger partial charge in [0.15, 0.2) is 0 Å². The first-order valence-corrected chi connectivity index (χ1v) is 7.26. The van der Waals surface area contributed by atoms with E-state index in [2.05, 4.69) is 17.1 Å². The molecule has 1 aromatic carbocycles. The molecule has 0 radical (unpaired) electrons. The molecule has 0 saturated carbocycles. The van der Waals surface area contributed by atoms with E-state index in [-0.39, 0.29) is 17.5 Å². The van der Waals surface area contributed by atoms with Crippen LogP contribution in [0.3, 0.4) is 0 Å². The summed E-state index contributed by atoms with van der Waals surface area (Å²) >= 11 is 0. The van der Waals surface area contributed by atoms with Gasteiger partial charge in [-0.1, -0.05) is 6.07 Å². The first-order valence-electron chi connectivity index (χ1n) is 7.26. The summed E-state index contributed by atoms with van der Waals surface area (Å²) < 4.78 is 19.9. The number of hydrogen-bond donors (Lipinski definition) is 1. The SMILES string of the molecule is CNC(C)c1c(F)cccc1N1CCCC(C)(OC)C1. The second-order valence-corrected chi connectivity index (χ2v) is 5.86. The highest BCUT2D eigenvalue weighted by atomic mass is 19.1. The molecular formula is C16H25FN2O. The lowest BCUT2D eigenvalue weighted by atomic mass is 9.93. The van der Waals surface area contributed by atoms with Gasteiger partial charge in [-0.05, 0) is 45.9 Å². The number of rotatable bonds is 4. The van der Waals surface area contributed by atoms with Crippen molar-refractivity contribution < 1.29 is 9.13 Å². The number of benzene rings is 1. The Morgan fingerprint density at radius 3 is 2.85 bits per heavy atom. The molecule has 1 aromatic rings. The van der Waals surface area contributed by atoms with Gasteiger partial charge in [0, 0.05) is 37.5 Å². The minimum Gasteiger partial charge on any atom is -0.377 e. The molecule has 4 heteroatoms. The fourth-order valence-corrected chi connectivity index (χ4v) is 2.95. The number of hydrogen-bond acceptors (Lipinski definition) is 3. The summed E-state index contributed by atoms with van der Waals surface area (Å²) in [4.78, 5) is 2.25. The van der Waals surface area contributed by atoms with Crippen LogP contribution in [0.5, 0.6) is 0 Å². The molecule has 1 fully saturated rings. The third kappa shape index (κ3) is 2.96. The number of methoxy groups -OCH3 is 1. The average Bonchev–Trinajstić information content (AvgIpc) is 2.46. The minimum atomic E-state index is -0.148. The monoisotopic (exact) mass is 280 g/mol. The van der Waals surface area contributed by atoms with E-state index < -0.39 is 0 Å². The third-order valence-electron chi connectivity index (χ3n) is 4.39. The van der Waals surface area contributed by atoms with Crippen LogP contribution >= 0.6 is 0 Å². The smallest absolute Gasteiger partial charge is 0.130 e. The molecule has 0 aliphatic carbocycles. The van der Waals surface area contributed by atoms with Gasteiger partial charge in [-0.25, -0.2) is 4.39 Å². The minimum absolute atomic E-state index is 0.0121. The maximum Gasteiger partial charge on any atom is 0.130 e. The molecule has 20 heavy (non-hydrogen) atoms. The van der Waals surface area contributed by atoms with E-state index in [4.69, 9.17) is 4.74 Å². The lowest BCUT2D eigenvalue weighted by Gasteiger charge is -2.41. The van der Waals surface area contributed by atoms with Crippen molar-refractivity contribution in [2.24, 2.45) is 0 Å². The number of piperidine rings is 1. The van der Waals surface area contributed by atoms with E-state index in [9.17, 15) is 4.39 Å². The summed E-state index contributed by atoms with van der Waals surface area (Å²) in [6.45, 7) is 5.86. The van der Waals surface area contributed by atoms with Gasteiger partial charge in [-0.2, -0.15) is 0 Å². The Labute approximate surface area is 121 Å². The van der Waals surface area contributed by atoms with Gasteiger partial charge < -0.3 is 15.0 Å². The van der Waals surface area contributed by atoms with Crippen LogP contribution in [-0.4, -0.2) is 32.8 Å². The first kappa shape index (κ1) is 15.3. The predicted molar refractivity (Wildman–Crippen MR) is 80.7 cm³/mol. The van der Waals surface area contributed by atoms with Gasteiger partial charge in [0.25, 0.3) is 0 Å². The van der Waals surface area contributed by atoms with Gasteiger partial charge in [0.05, 0.1) is 5.60 Å². The number of nitrogens with zero attached hydrogens (tertiary/aromatic N) is 1. The van der Waals surface area contributed by atoms with Crippen LogP contribution in [0.25, 0.3) is 0 Å². The van der Waals surface area contributed by atoms with Crippen LogP contribution in [0, 0.1) is 5.82 Å². The molecule has 1 heterocycles. The summed E-state index contributed by atoms with van der Waals surface area (Å²) in [5, 5.41) is 3.14. The maximum absolute atomic E-state index is 14.2. The highest BCUT2D eigenvalue weighted by Gasteiger charge is 2.32. The van der Waals surface area contributed by atoms with Crippen LogP contribution in [0.15, 0.2) is 18.2 Å². The molecule has 2 rings (SSSR count). The summed E-state index contributed by atoms with van der Waals surface area (Å²) in [5.74, 6) is -0.144. The Kier molecular flexibility index (Phi) is 4.66. The molecule has 1 aliphatic heterocycles. The molecule has 1 aliphatic rings. The zero-order chi connectivity index (χ0) is 14.8. The van der Waals surface area contributed by atoms with Crippen molar-refractivity contribution in [2.75, 3.05) is 32.1 Å². The van der Waals surface area contributed by atoms with Gasteiger partial charge in [0.2, 0.25) is 0 Å². The Morgan fingerprint density at radius 1 is 1.45 bits per heavy atom. The van der Waals surface area contributed by atoms with Gasteiger partial charge in [-0.3, -0.25) is 0 Å². The molecule has 0 bridgehead atoms. The predicted octanol–water partition coefficient (Wildman–Crippen LogP) is 3.11. The molecule has 2 atom stereocenters. The van der Waals surface area contributed by atoms with E-state index in [1.807, 2.05) is 20.0 Å². The van der Waals surface area contributed by atoms with Crippen LogP contribution < -0.4 is 10.2 Å². The Hall–Kier alpha value is -1.13. The molecule has 1 saturated heterocycles. The molecule has 0 spiro atoms. The summed E-state index contributed by atoms with van der Waals surface area (Å²) in [5.41, 5.74) is 1.58. The highest BCUT2D eigenvalue weighted by Crippen LogP contribution is 2.33. The van der Waals surface area contributed by atoms with Crippen molar-refractivity contribution >= 4 is 5.69 Å². The molecule has 112 valence electrons. The largest absolute Gasteiger partial charge is 0.377 e. The summed E-state index contributed by atoms with van der Waals surface area (Å²) in [7, 11) is 3.61. The molecule has 3 nitrogen and oxygen atoms in total. The van der Waals surface area contributed by atoms with Crippen LogP contribution in [-0.2, 0) is 4.74 Å². The topological polar surface area (TPSA) is 24.5 Å². The van der Waals surface area contributed by atoms with Crippen molar-refractivity contribution in [2.45, 2.75) is 38.3 Å². The summed E-state index contributed by atoms with van der Waals surface area (Å²) in [6.07, 6.45) is 2.11. The average molecular weight is 280 g/mol. The fourth-order valence-electron chi connectivity index (χ4n) is 2.95. The molecule has 0 amide bonds. The van der Waals surface area contributed by atoms with Crippen LogP contribution in [0.2, 0.25) is 0 Å². The third-order valence-corrected chi connectivity index (χ3v) is 4.39. The highest BCUT2D eigenvalue weighted by molar-refractivity contribution is 5.56. The lowest BCUT2D eigenvalue weighted by Crippen LogP contribution is -2.48. The Morgan fingerprint density at radius 2 is 2.20 bits per heavy atom. The van der Waals surface area contributed by atoms with Crippen LogP contribution in [0.1, 0.15) is 38.3 Å². The second kappa shape index (κ2) is 6.10. The first-order chi connectivity index (χ1) is 9.50. The zero-order valence-electron chi connectivity index (χ0n) is 12.9. The zero-order valence-corrected chi connectivity index (χ0v) is 12.9. The Bertz CT molecular complexity index is 466. The van der Waals surface area contributed by atoms with Gasteiger partial charge in [0.1, 0.15) is 5.82 Å². The quantitative estimate of drug-likeness (QED) is 0.917. The lowest BCUT2D eigenvalue weighted by molar-refractivity contribution is -0.00471. The van der Waals surface area contributed by atoms with Crippen molar-refractivity contribution in [3.8, 4) is 0 Å². The number of nitrogens with one attached hydrogen (secondary N) is 1. The Balaban J connectivity index is 2.35. The molecule has 0 aromatic heterocycles. The van der Waals surface area contributed by atoms with Crippen LogP contribution in [0.4, 0.5) is 10.1 Å². The van der Waals surface area contributed by atoms with E-state index in [1.165, 1.54) is 6.07 Å². The summed E-state index contributed by atoms with van der Waals surface area (Å²) in [6, 6.07) is 5.32. The van der Waals surface area contributed by atoms with E-state index >= 15 is 0 Å². The van der Waals surface area contributed by atoms with E-state index in [0.717, 1.165) is 37.2 Å². The number of anilines is 1. The number of ether oxygens (including phenoxy) is 1. The van der Waals surface area contributed by atoms with Gasteiger partial charge >= 0.3 is 0 Å². The normalized spacial score (nSPS) is 24.8. The molecule has 2 unspecified atom stereocenters. The van der Waals surface area contributed by atoms with Crippen molar-refractivity contribution in [3.63, 3.8) is 0 Å². The maximum atomic E-state index is 14.2. The van der Waals surface area contributed by atoms with Gasteiger partial charge in [-0.15, -0.1) is 0 Å². The standard InChI is InChI=1S/C16H25FN2O/c1-12(18-3)15-13(17)7-5-8-14(15)19-10-6-9-16(2,11-19)20-4/h5,7-8,12,18H,6,9-11H2,1-4H3. The van der Waals surface area contributed by atoms with Crippen molar-refractivity contribution in [1.29, 1.82) is 0 Å². The molecular weight excluding hydrogens is 255 g/mol. The second-order valence-electron chi connectivity index (χ2n) is 5.86. The van der Waals surface area contributed by atoms with E-state index in [1.54, 1.807) is 13.2 Å². The van der Waals surface area contributed by atoms with Crippen molar-refractivity contribution in [3.05, 3.63) is 29.6 Å². The van der Waals surface area contributed by atoms with E-state index in [0.29, 0.717) is 0 Å². The molecule has 1 N–H and O–H groups in total. The fraction of sp³-hybridized carbons (Fsp3) is 0.625. The van der Waals surface area contributed by atoms with Crippen molar-refractivity contribution in [1.82, 2.24) is 5.32 Å². The number of halogens is 1.